The molecule has 0 amide bonds. The van der Waals surface area contributed by atoms with Crippen LogP contribution in [-0.4, -0.2) is 19.9 Å². The molecule has 0 aliphatic rings. The normalized spacial score (nSPS) is 11.5. The maximum Gasteiger partial charge on any atom is 0.118 e. The third-order valence-corrected chi connectivity index (χ3v) is 2.52. The van der Waals surface area contributed by atoms with E-state index in [-0.39, 0.29) is 0 Å². The summed E-state index contributed by atoms with van der Waals surface area (Å²) in [5.74, 6) is 1.72. The molecule has 3 heteroatoms. The molecule has 0 fully saturated rings. The number of hydrogen-bond acceptors (Lipinski definition) is 3. The summed E-state index contributed by atoms with van der Waals surface area (Å²) in [4.78, 5) is 4.38. The average Bonchev–Trinajstić information content (AvgIpc) is 2.50. The lowest BCUT2D eigenvalue weighted by molar-refractivity contribution is 0.279. The van der Waals surface area contributed by atoms with Crippen LogP contribution in [0.2, 0.25) is 0 Å². The van der Waals surface area contributed by atoms with Crippen molar-refractivity contribution in [1.29, 1.82) is 0 Å². The van der Waals surface area contributed by atoms with Crippen LogP contribution < -0.4 is 4.74 Å². The van der Waals surface area contributed by atoms with Gasteiger partial charge in [0.1, 0.15) is 11.5 Å². The molecule has 0 radical (unpaired) electrons. The van der Waals surface area contributed by atoms with Gasteiger partial charge in [-0.15, -0.1) is 0 Å². The van der Waals surface area contributed by atoms with Crippen LogP contribution in [0.4, 0.5) is 0 Å². The second-order valence-corrected chi connectivity index (χ2v) is 3.60. The fourth-order valence-electron chi connectivity index (χ4n) is 1.36. The summed E-state index contributed by atoms with van der Waals surface area (Å²) >= 11 is 0. The predicted octanol–water partition coefficient (Wildman–Crippen LogP) is 4.43. The van der Waals surface area contributed by atoms with Crippen LogP contribution in [0.1, 0.15) is 39.7 Å². The zero-order chi connectivity index (χ0) is 14.7. The molecule has 0 spiro atoms. The maximum atomic E-state index is 5.16. The summed E-state index contributed by atoms with van der Waals surface area (Å²) in [5, 5.41) is 0. The van der Waals surface area contributed by atoms with Crippen molar-refractivity contribution in [3.63, 3.8) is 0 Å². The van der Waals surface area contributed by atoms with Gasteiger partial charge in [0.15, 0.2) is 0 Å². The fourth-order valence-corrected chi connectivity index (χ4v) is 1.36. The first-order valence-electron chi connectivity index (χ1n) is 6.63. The molecular weight excluding hydrogens is 238 g/mol. The van der Waals surface area contributed by atoms with Crippen LogP contribution in [0.25, 0.3) is 0 Å². The van der Waals surface area contributed by atoms with Crippen molar-refractivity contribution >= 4 is 5.71 Å². The van der Waals surface area contributed by atoms with E-state index in [4.69, 9.17) is 9.47 Å². The summed E-state index contributed by atoms with van der Waals surface area (Å²) in [6.45, 7) is 8.01. The fraction of sp³-hybridized carbons (Fsp3) is 0.438. The summed E-state index contributed by atoms with van der Waals surface area (Å²) in [6, 6.07) is 7.83. The lowest BCUT2D eigenvalue weighted by Gasteiger charge is -2.03. The molecule has 1 aromatic rings. The molecule has 106 valence electrons. The Hall–Kier alpha value is -1.77. The molecule has 19 heavy (non-hydrogen) atoms. The van der Waals surface area contributed by atoms with Gasteiger partial charge in [-0.3, -0.25) is 4.99 Å². The monoisotopic (exact) mass is 263 g/mol. The molecule has 0 aliphatic heterocycles. The van der Waals surface area contributed by atoms with Gasteiger partial charge in [-0.2, -0.15) is 0 Å². The van der Waals surface area contributed by atoms with Crippen molar-refractivity contribution in [2.24, 2.45) is 4.99 Å². The Kier molecular flexibility index (Phi) is 9.23. The zero-order valence-corrected chi connectivity index (χ0v) is 12.9. The molecule has 0 atom stereocenters. The van der Waals surface area contributed by atoms with Gasteiger partial charge in [0.25, 0.3) is 0 Å². The number of ether oxygens (including phenoxy) is 2. The molecule has 0 bridgehead atoms. The van der Waals surface area contributed by atoms with Crippen LogP contribution in [0.5, 0.6) is 5.75 Å². The molecule has 1 rings (SSSR count). The highest BCUT2D eigenvalue weighted by Crippen LogP contribution is 2.12. The molecular formula is C16H25NO2. The Bertz CT molecular complexity index is 399. The van der Waals surface area contributed by atoms with Crippen molar-refractivity contribution in [1.82, 2.24) is 0 Å². The standard InChI is InChI=1S/C14H19NO2.C2H6/c1-5-13(16-3)10-15-11(2)12-6-8-14(17-4)9-7-12;1-2/h6-10H,5H2,1-4H3;1-2H3/b13-10+,15-11?;. The molecule has 0 aromatic heterocycles. The highest BCUT2D eigenvalue weighted by Gasteiger charge is 1.97. The van der Waals surface area contributed by atoms with Gasteiger partial charge < -0.3 is 9.47 Å². The van der Waals surface area contributed by atoms with Gasteiger partial charge >= 0.3 is 0 Å². The minimum absolute atomic E-state index is 0.843. The van der Waals surface area contributed by atoms with E-state index in [1.165, 1.54) is 0 Å². The number of nitrogens with zero attached hydrogens (tertiary/aromatic N) is 1. The van der Waals surface area contributed by atoms with Crippen molar-refractivity contribution in [2.75, 3.05) is 14.2 Å². The lowest BCUT2D eigenvalue weighted by Crippen LogP contribution is -1.94. The van der Waals surface area contributed by atoms with E-state index >= 15 is 0 Å². The van der Waals surface area contributed by atoms with Crippen LogP contribution in [0, 0.1) is 0 Å². The average molecular weight is 263 g/mol. The van der Waals surface area contributed by atoms with E-state index in [0.717, 1.165) is 29.2 Å². The predicted molar refractivity (Wildman–Crippen MR) is 81.9 cm³/mol. The van der Waals surface area contributed by atoms with Crippen molar-refractivity contribution in [3.05, 3.63) is 41.8 Å². The number of benzene rings is 1. The van der Waals surface area contributed by atoms with Crippen LogP contribution in [0.3, 0.4) is 0 Å². The smallest absolute Gasteiger partial charge is 0.118 e. The van der Waals surface area contributed by atoms with Crippen molar-refractivity contribution in [3.8, 4) is 5.75 Å². The SMILES string of the molecule is CC.CC/C(=C\N=C(C)c1ccc(OC)cc1)OC. The second kappa shape index (κ2) is 10.2. The van der Waals surface area contributed by atoms with E-state index in [2.05, 4.69) is 4.99 Å². The summed E-state index contributed by atoms with van der Waals surface area (Å²) in [6.07, 6.45) is 2.61. The number of allylic oxidation sites excluding steroid dienone is 1. The molecule has 3 nitrogen and oxygen atoms in total. The van der Waals surface area contributed by atoms with Gasteiger partial charge in [0.2, 0.25) is 0 Å². The molecule has 0 aliphatic carbocycles. The van der Waals surface area contributed by atoms with Crippen molar-refractivity contribution in [2.45, 2.75) is 34.1 Å². The van der Waals surface area contributed by atoms with Crippen LogP contribution in [0.15, 0.2) is 41.2 Å². The van der Waals surface area contributed by atoms with E-state index < -0.39 is 0 Å². The molecule has 0 saturated carbocycles. The first-order chi connectivity index (χ1) is 9.21. The summed E-state index contributed by atoms with van der Waals surface area (Å²) < 4.78 is 10.3. The Morgan fingerprint density at radius 2 is 1.74 bits per heavy atom. The topological polar surface area (TPSA) is 30.8 Å². The third-order valence-electron chi connectivity index (χ3n) is 2.52. The number of rotatable bonds is 5. The minimum atomic E-state index is 0.843. The molecule has 0 unspecified atom stereocenters. The van der Waals surface area contributed by atoms with Gasteiger partial charge in [-0.25, -0.2) is 0 Å². The molecule has 0 saturated heterocycles. The Morgan fingerprint density at radius 3 is 2.16 bits per heavy atom. The van der Waals surface area contributed by atoms with E-state index in [9.17, 15) is 0 Å². The maximum absolute atomic E-state index is 5.16. The van der Waals surface area contributed by atoms with Gasteiger partial charge in [0, 0.05) is 12.1 Å². The van der Waals surface area contributed by atoms with Gasteiger partial charge in [-0.1, -0.05) is 20.8 Å². The number of methoxy groups -OCH3 is 2. The van der Waals surface area contributed by atoms with Crippen LogP contribution in [-0.2, 0) is 4.74 Å². The highest BCUT2D eigenvalue weighted by atomic mass is 16.5. The van der Waals surface area contributed by atoms with Gasteiger partial charge in [0.05, 0.1) is 20.4 Å². The van der Waals surface area contributed by atoms with E-state index in [1.54, 1.807) is 20.4 Å². The summed E-state index contributed by atoms with van der Waals surface area (Å²) in [5.41, 5.74) is 2.03. The first kappa shape index (κ1) is 17.2. The Balaban J connectivity index is 0.00000154. The zero-order valence-electron chi connectivity index (χ0n) is 12.9. The molecule has 1 aromatic carbocycles. The molecule has 0 N–H and O–H groups in total. The van der Waals surface area contributed by atoms with Gasteiger partial charge in [-0.05, 0) is 36.8 Å². The molecule has 0 heterocycles. The quantitative estimate of drug-likeness (QED) is 0.581. The van der Waals surface area contributed by atoms with Crippen LogP contribution >= 0.6 is 0 Å². The second-order valence-electron chi connectivity index (χ2n) is 3.60. The first-order valence-corrected chi connectivity index (χ1v) is 6.63. The number of aliphatic imine (C=N–C) groups is 1. The lowest BCUT2D eigenvalue weighted by atomic mass is 10.1. The highest BCUT2D eigenvalue weighted by molar-refractivity contribution is 5.99. The van der Waals surface area contributed by atoms with E-state index in [1.807, 2.05) is 52.0 Å². The largest absolute Gasteiger partial charge is 0.500 e. The Morgan fingerprint density at radius 1 is 1.16 bits per heavy atom. The summed E-state index contributed by atoms with van der Waals surface area (Å²) in [7, 11) is 3.32. The van der Waals surface area contributed by atoms with Crippen molar-refractivity contribution < 1.29 is 9.47 Å². The third kappa shape index (κ3) is 6.09. The van der Waals surface area contributed by atoms with E-state index in [0.29, 0.717) is 0 Å². The number of hydrogen-bond donors (Lipinski definition) is 0. The Labute approximate surface area is 117 Å². The minimum Gasteiger partial charge on any atom is -0.500 e.